The molecule has 0 radical (unpaired) electrons. The van der Waals surface area contributed by atoms with Crippen molar-refractivity contribution < 1.29 is 45.4 Å². The Morgan fingerprint density at radius 3 is 2.44 bits per heavy atom. The lowest BCUT2D eigenvalue weighted by atomic mass is 9.91. The number of likely N-dealkylation sites (tertiary alicyclic amines) is 1. The van der Waals surface area contributed by atoms with Gasteiger partial charge in [0.25, 0.3) is 0 Å². The van der Waals surface area contributed by atoms with Crippen LogP contribution in [0.25, 0.3) is 6.08 Å². The van der Waals surface area contributed by atoms with E-state index in [0.29, 0.717) is 37.3 Å². The average molecular weight is 749 g/mol. The van der Waals surface area contributed by atoms with E-state index in [-0.39, 0.29) is 61.0 Å². The number of carbonyl (C=O) groups is 2. The van der Waals surface area contributed by atoms with Crippen molar-refractivity contribution in [3.63, 3.8) is 0 Å². The van der Waals surface area contributed by atoms with E-state index in [1.165, 1.54) is 25.3 Å². The van der Waals surface area contributed by atoms with Gasteiger partial charge in [0, 0.05) is 67.3 Å². The number of halogens is 3. The number of fused-ring (bicyclic) bond motifs is 1. The Hall–Kier alpha value is -4.26. The van der Waals surface area contributed by atoms with Gasteiger partial charge in [-0.2, -0.15) is 13.2 Å². The van der Waals surface area contributed by atoms with Gasteiger partial charge < -0.3 is 24.8 Å². The maximum absolute atomic E-state index is 13.7. The van der Waals surface area contributed by atoms with Crippen LogP contribution >= 0.6 is 0 Å². The summed E-state index contributed by atoms with van der Waals surface area (Å²) in [6.07, 6.45) is -1.44. The van der Waals surface area contributed by atoms with E-state index >= 15 is 0 Å². The Kier molecular flexibility index (Phi) is 14.4. The molecule has 0 saturated carbocycles. The number of nitrogens with zero attached hydrogens (tertiary/aromatic N) is 1. The minimum Gasteiger partial charge on any atom is -0.495 e. The summed E-state index contributed by atoms with van der Waals surface area (Å²) in [5.41, 5.74) is 3.41. The minimum atomic E-state index is -4.38. The van der Waals surface area contributed by atoms with Gasteiger partial charge in [-0.1, -0.05) is 37.8 Å². The Labute approximate surface area is 303 Å². The molecule has 1 saturated heterocycles. The van der Waals surface area contributed by atoms with Gasteiger partial charge in [-0.25, -0.2) is 13.6 Å². The monoisotopic (exact) mass is 748 g/mol. The first kappa shape index (κ1) is 40.5. The van der Waals surface area contributed by atoms with Gasteiger partial charge in [0.15, 0.2) is 0 Å². The number of benzene rings is 2. The third-order valence-electron chi connectivity index (χ3n) is 8.99. The molecule has 0 aromatic heterocycles. The van der Waals surface area contributed by atoms with Crippen molar-refractivity contribution in [3.05, 3.63) is 53.1 Å². The highest BCUT2D eigenvalue weighted by Gasteiger charge is 2.34. The van der Waals surface area contributed by atoms with Crippen LogP contribution in [0, 0.1) is 17.8 Å². The zero-order valence-corrected chi connectivity index (χ0v) is 30.5. The quantitative estimate of drug-likeness (QED) is 0.167. The summed E-state index contributed by atoms with van der Waals surface area (Å²) in [6, 6.07) is 9.95. The molecule has 0 bridgehead atoms. The highest BCUT2D eigenvalue weighted by atomic mass is 32.2. The van der Waals surface area contributed by atoms with E-state index in [1.807, 2.05) is 18.2 Å². The highest BCUT2D eigenvalue weighted by Crippen LogP contribution is 2.38. The number of rotatable bonds is 14. The number of nitrogens with two attached hydrogens (primary N) is 1. The number of hydrogen-bond acceptors (Lipinski definition) is 10. The molecule has 2 aliphatic rings. The molecule has 15 heteroatoms. The predicted molar refractivity (Wildman–Crippen MR) is 192 cm³/mol. The molecule has 4 rings (SSSR count). The van der Waals surface area contributed by atoms with Gasteiger partial charge in [-0.05, 0) is 55.5 Å². The summed E-state index contributed by atoms with van der Waals surface area (Å²) in [6.45, 7) is 5.31. The Bertz CT molecular complexity index is 1760. The molecular formula is C37H47F3N4O7S. The molecule has 2 atom stereocenters. The molecule has 1 aliphatic carbocycles. The number of alkyl halides is 3. The van der Waals surface area contributed by atoms with Crippen LogP contribution in [0.2, 0.25) is 0 Å². The summed E-state index contributed by atoms with van der Waals surface area (Å²) < 4.78 is 80.7. The van der Waals surface area contributed by atoms with Crippen LogP contribution in [0.15, 0.2) is 46.9 Å². The van der Waals surface area contributed by atoms with Crippen molar-refractivity contribution >= 4 is 39.4 Å². The maximum Gasteiger partial charge on any atom is 0.389 e. The van der Waals surface area contributed by atoms with Crippen molar-refractivity contribution in [1.29, 1.82) is 0 Å². The summed E-state index contributed by atoms with van der Waals surface area (Å²) in [7, 11) is -2.57. The molecule has 2 aromatic carbocycles. The molecule has 11 nitrogen and oxygen atoms in total. The van der Waals surface area contributed by atoms with Crippen LogP contribution in [0.4, 0.5) is 24.5 Å². The van der Waals surface area contributed by atoms with Gasteiger partial charge in [0.2, 0.25) is 10.0 Å². The highest BCUT2D eigenvalue weighted by molar-refractivity contribution is 7.89. The van der Waals surface area contributed by atoms with Crippen LogP contribution in [0.1, 0.15) is 63.5 Å². The fourth-order valence-corrected chi connectivity index (χ4v) is 6.77. The van der Waals surface area contributed by atoms with Gasteiger partial charge in [0.1, 0.15) is 18.5 Å². The number of primary sulfonamides is 1. The summed E-state index contributed by atoms with van der Waals surface area (Å²) in [4.78, 5) is 25.7. The lowest BCUT2D eigenvalue weighted by Gasteiger charge is -2.35. The number of sulfonamides is 1. The first-order chi connectivity index (χ1) is 24.7. The zero-order chi connectivity index (χ0) is 37.9. The van der Waals surface area contributed by atoms with Crippen molar-refractivity contribution in [1.82, 2.24) is 4.90 Å². The summed E-state index contributed by atoms with van der Waals surface area (Å²) in [5.74, 6) is 4.63. The van der Waals surface area contributed by atoms with Crippen molar-refractivity contribution in [2.75, 3.05) is 50.5 Å². The molecule has 284 valence electrons. The molecular weight excluding hydrogens is 701 g/mol. The van der Waals surface area contributed by atoms with E-state index in [1.54, 1.807) is 19.9 Å². The van der Waals surface area contributed by atoms with E-state index < -0.39 is 34.6 Å². The number of hydrogen-bond donors (Lipinski definition) is 3. The fourth-order valence-electron chi connectivity index (χ4n) is 6.24. The third kappa shape index (κ3) is 12.2. The molecule has 1 aliphatic heterocycles. The van der Waals surface area contributed by atoms with Gasteiger partial charge in [-0.3, -0.25) is 14.5 Å². The largest absolute Gasteiger partial charge is 0.495 e. The van der Waals surface area contributed by atoms with E-state index in [2.05, 4.69) is 27.4 Å². The zero-order valence-electron chi connectivity index (χ0n) is 29.7. The van der Waals surface area contributed by atoms with Crippen LogP contribution < -0.4 is 20.5 Å². The molecule has 2 aromatic rings. The Morgan fingerprint density at radius 1 is 1.06 bits per heavy atom. The molecule has 0 amide bonds. The molecule has 52 heavy (non-hydrogen) atoms. The second-order valence-corrected chi connectivity index (χ2v) is 14.4. The van der Waals surface area contributed by atoms with E-state index in [9.17, 15) is 31.2 Å². The molecule has 2 unspecified atom stereocenters. The summed E-state index contributed by atoms with van der Waals surface area (Å²) in [5, 5.41) is 11.9. The molecule has 1 heterocycles. The molecule has 4 N–H and O–H groups in total. The number of ether oxygens (including phenoxy) is 3. The smallest absolute Gasteiger partial charge is 0.389 e. The molecule has 0 spiro atoms. The SMILES string of the molecule is CCC(=O)OCC(CN1CCC(Nc2cccc3c2C=C(C#CCNc2ccc(S(N)(=O)=O)cc2OC)C(CC(F)(F)F)CC3)CC1)OC(=O)CC. The van der Waals surface area contributed by atoms with Gasteiger partial charge in [0.05, 0.1) is 30.7 Å². The fraction of sp³-hybridized carbons (Fsp3) is 0.514. The number of aryl methyl sites for hydroxylation is 1. The van der Waals surface area contributed by atoms with Gasteiger partial charge in [-0.15, -0.1) is 0 Å². The third-order valence-corrected chi connectivity index (χ3v) is 9.90. The maximum atomic E-state index is 13.7. The lowest BCUT2D eigenvalue weighted by molar-refractivity contribution is -0.160. The average Bonchev–Trinajstić information content (AvgIpc) is 3.27. The minimum absolute atomic E-state index is 0.00178. The van der Waals surface area contributed by atoms with Crippen molar-refractivity contribution in [2.24, 2.45) is 11.1 Å². The number of nitrogens with one attached hydrogen (secondary N) is 2. The first-order valence-electron chi connectivity index (χ1n) is 17.4. The van der Waals surface area contributed by atoms with Crippen molar-refractivity contribution in [2.45, 2.75) is 82.0 Å². The second kappa shape index (κ2) is 18.5. The van der Waals surface area contributed by atoms with Crippen LogP contribution in [-0.4, -0.2) is 83.5 Å². The number of piperidine rings is 1. The van der Waals surface area contributed by atoms with Crippen molar-refractivity contribution in [3.8, 4) is 17.6 Å². The number of allylic oxidation sites excluding steroid dienone is 1. The van der Waals surface area contributed by atoms with Crippen LogP contribution in [0.5, 0.6) is 5.75 Å². The van der Waals surface area contributed by atoms with E-state index in [4.69, 9.17) is 19.3 Å². The standard InChI is InChI=1S/C37H47F3N4O7S/c1-4-35(45)50-24-29(51-36(46)5-2)23-44-18-15-28(16-19-44)43-32-10-6-8-25-11-12-27(22-37(38,39)40)26(20-31(25)32)9-7-17-42-33-14-13-30(52(41,47)48)21-34(33)49-3/h6,8,10,13-14,20-21,27-29,42-43H,4-5,11-12,15-19,22-24H2,1-3H3,(H2,41,47,48). The second-order valence-electron chi connectivity index (χ2n) is 12.8. The normalized spacial score (nSPS) is 17.4. The van der Waals surface area contributed by atoms with Gasteiger partial charge >= 0.3 is 18.1 Å². The number of esters is 2. The Balaban J connectivity index is 1.48. The topological polar surface area (TPSA) is 149 Å². The van der Waals surface area contributed by atoms with E-state index in [0.717, 1.165) is 29.7 Å². The summed E-state index contributed by atoms with van der Waals surface area (Å²) >= 11 is 0. The number of methoxy groups -OCH3 is 1. The molecule has 1 fully saturated rings. The van der Waals surface area contributed by atoms with Crippen LogP contribution in [-0.2, 0) is 35.5 Å². The lowest BCUT2D eigenvalue weighted by Crippen LogP contribution is -2.44. The van der Waals surface area contributed by atoms with Crippen LogP contribution in [0.3, 0.4) is 0 Å². The predicted octanol–water partition coefficient (Wildman–Crippen LogP) is 5.51. The Morgan fingerprint density at radius 2 is 1.79 bits per heavy atom. The first-order valence-corrected chi connectivity index (χ1v) is 18.9. The number of anilines is 2. The number of carbonyl (C=O) groups excluding carboxylic acids is 2.